The van der Waals surface area contributed by atoms with Crippen LogP contribution in [0.25, 0.3) is 33.9 Å². The van der Waals surface area contributed by atoms with Crippen molar-refractivity contribution in [1.82, 2.24) is 9.97 Å². The smallest absolute Gasteiger partial charge is 0.348 e. The summed E-state index contributed by atoms with van der Waals surface area (Å²) in [5.74, 6) is 1.30. The van der Waals surface area contributed by atoms with Crippen molar-refractivity contribution in [2.75, 3.05) is 4.90 Å². The van der Waals surface area contributed by atoms with Crippen LogP contribution >= 0.6 is 0 Å². The summed E-state index contributed by atoms with van der Waals surface area (Å²) in [7, 11) is 0. The molecule has 0 unspecified atom stereocenters. The Hall–Kier alpha value is -5.77. The number of nitrogens with zero attached hydrogens (tertiary/aromatic N) is 4. The van der Waals surface area contributed by atoms with E-state index in [1.165, 1.54) is 0 Å². The highest BCUT2D eigenvalue weighted by Crippen LogP contribution is 2.37. The van der Waals surface area contributed by atoms with Gasteiger partial charge < -0.3 is 14.3 Å². The predicted octanol–water partition coefficient (Wildman–Crippen LogP) is 7.78. The molecular formula is C29H19N5O5. The van der Waals surface area contributed by atoms with Crippen molar-refractivity contribution in [3.05, 3.63) is 129 Å². The zero-order valence-electron chi connectivity index (χ0n) is 20.2. The van der Waals surface area contributed by atoms with Crippen LogP contribution in [0.15, 0.2) is 114 Å². The molecule has 10 heteroatoms. The van der Waals surface area contributed by atoms with E-state index < -0.39 is 21.2 Å². The minimum atomic E-state index is -0.794. The highest BCUT2D eigenvalue weighted by Gasteiger charge is 2.26. The van der Waals surface area contributed by atoms with Crippen molar-refractivity contribution in [3.8, 4) is 22.9 Å². The molecule has 190 valence electrons. The summed E-state index contributed by atoms with van der Waals surface area (Å²) >= 11 is 0. The first-order valence-electron chi connectivity index (χ1n) is 11.9. The normalized spacial score (nSPS) is 11.0. The van der Waals surface area contributed by atoms with Crippen LogP contribution in [-0.4, -0.2) is 19.8 Å². The maximum atomic E-state index is 11.3. The third kappa shape index (κ3) is 4.46. The van der Waals surface area contributed by atoms with Crippen molar-refractivity contribution in [2.24, 2.45) is 0 Å². The summed E-state index contributed by atoms with van der Waals surface area (Å²) in [6.45, 7) is 0. The average Bonchev–Trinajstić information content (AvgIpc) is 3.61. The number of hydrogen-bond donors (Lipinski definition) is 1. The number of rotatable bonds is 7. The van der Waals surface area contributed by atoms with Gasteiger partial charge in [0.05, 0.1) is 26.9 Å². The Morgan fingerprint density at radius 1 is 0.667 bits per heavy atom. The Morgan fingerprint density at radius 2 is 1.21 bits per heavy atom. The fraction of sp³-hybridized carbons (Fsp3) is 0. The fourth-order valence-corrected chi connectivity index (χ4v) is 4.44. The minimum absolute atomic E-state index is 0.228. The Morgan fingerprint density at radius 3 is 1.79 bits per heavy atom. The molecule has 6 rings (SSSR count). The van der Waals surface area contributed by atoms with Gasteiger partial charge in [0, 0.05) is 28.7 Å². The van der Waals surface area contributed by atoms with Crippen molar-refractivity contribution >= 4 is 39.5 Å². The number of imidazole rings is 1. The largest absolute Gasteiger partial charge is 0.453 e. The second-order valence-corrected chi connectivity index (χ2v) is 8.67. The average molecular weight is 518 g/mol. The van der Waals surface area contributed by atoms with Crippen molar-refractivity contribution in [2.45, 2.75) is 0 Å². The van der Waals surface area contributed by atoms with Gasteiger partial charge in [-0.2, -0.15) is 0 Å². The molecule has 39 heavy (non-hydrogen) atoms. The van der Waals surface area contributed by atoms with E-state index in [2.05, 4.69) is 39.1 Å². The van der Waals surface area contributed by atoms with Crippen LogP contribution in [0.3, 0.4) is 0 Å². The number of nitro groups is 2. The molecule has 0 aliphatic carbocycles. The molecule has 0 spiro atoms. The molecule has 0 bridgehead atoms. The van der Waals surface area contributed by atoms with Gasteiger partial charge in [0.2, 0.25) is 0 Å². The first-order valence-corrected chi connectivity index (χ1v) is 11.9. The van der Waals surface area contributed by atoms with E-state index in [0.29, 0.717) is 22.9 Å². The molecule has 0 saturated carbocycles. The molecule has 0 aliphatic rings. The first-order chi connectivity index (χ1) is 19.0. The van der Waals surface area contributed by atoms with Gasteiger partial charge in [-0.15, -0.1) is 0 Å². The summed E-state index contributed by atoms with van der Waals surface area (Å²) in [6.07, 6.45) is 0. The quantitative estimate of drug-likeness (QED) is 0.169. The van der Waals surface area contributed by atoms with E-state index in [1.54, 1.807) is 12.1 Å². The molecule has 2 heterocycles. The fourth-order valence-electron chi connectivity index (χ4n) is 4.44. The lowest BCUT2D eigenvalue weighted by molar-refractivity contribution is -0.422. The third-order valence-electron chi connectivity index (χ3n) is 6.25. The van der Waals surface area contributed by atoms with E-state index >= 15 is 0 Å². The van der Waals surface area contributed by atoms with E-state index in [0.717, 1.165) is 34.8 Å². The first kappa shape index (κ1) is 23.6. The Kier molecular flexibility index (Phi) is 5.81. The number of benzene rings is 4. The van der Waals surface area contributed by atoms with E-state index in [4.69, 9.17) is 4.42 Å². The van der Waals surface area contributed by atoms with Crippen LogP contribution in [0.1, 0.15) is 0 Å². The van der Waals surface area contributed by atoms with Gasteiger partial charge in [0.25, 0.3) is 0 Å². The summed E-state index contributed by atoms with van der Waals surface area (Å²) in [5, 5.41) is 22.6. The lowest BCUT2D eigenvalue weighted by atomic mass is 10.1. The summed E-state index contributed by atoms with van der Waals surface area (Å²) in [6, 6.07) is 33.8. The van der Waals surface area contributed by atoms with Gasteiger partial charge in [-0.05, 0) is 60.7 Å². The molecule has 0 amide bonds. The van der Waals surface area contributed by atoms with E-state index in [9.17, 15) is 20.2 Å². The van der Waals surface area contributed by atoms with Crippen molar-refractivity contribution < 1.29 is 14.3 Å². The number of para-hydroxylation sites is 2. The molecule has 2 aromatic heterocycles. The van der Waals surface area contributed by atoms with Gasteiger partial charge in [0.15, 0.2) is 11.6 Å². The number of aromatic amines is 1. The van der Waals surface area contributed by atoms with Gasteiger partial charge in [-0.3, -0.25) is 20.2 Å². The monoisotopic (exact) mass is 517 g/mol. The summed E-state index contributed by atoms with van der Waals surface area (Å²) in [5.41, 5.74) is 3.17. The minimum Gasteiger partial charge on any atom is -0.453 e. The van der Waals surface area contributed by atoms with Crippen LogP contribution in [0.4, 0.5) is 28.4 Å². The van der Waals surface area contributed by atoms with Gasteiger partial charge in [-0.1, -0.05) is 36.4 Å². The van der Waals surface area contributed by atoms with Crippen molar-refractivity contribution in [1.29, 1.82) is 0 Å². The topological polar surface area (TPSA) is 131 Å². The molecule has 0 radical (unpaired) electrons. The van der Waals surface area contributed by atoms with Crippen LogP contribution in [-0.2, 0) is 0 Å². The molecular weight excluding hydrogens is 498 g/mol. The number of nitro benzene ring substituents is 2. The van der Waals surface area contributed by atoms with Crippen molar-refractivity contribution in [3.63, 3.8) is 0 Å². The maximum absolute atomic E-state index is 11.3. The second kappa shape index (κ2) is 9.60. The second-order valence-electron chi connectivity index (χ2n) is 8.67. The molecule has 10 nitrogen and oxygen atoms in total. The number of aromatic nitrogens is 2. The maximum Gasteiger partial charge on any atom is 0.348 e. The molecule has 4 aromatic carbocycles. The zero-order valence-corrected chi connectivity index (χ0v) is 20.2. The molecule has 0 aliphatic heterocycles. The van der Waals surface area contributed by atoms with Gasteiger partial charge in [-0.25, -0.2) is 4.98 Å². The highest BCUT2D eigenvalue weighted by molar-refractivity contribution is 5.85. The standard InChI is InChI=1S/C29H19N5O5/c35-33(36)25-17-23-24(18-26(25)34(37)38)31-29(30-23)28-16-15-27(39-28)19-11-13-22(14-12-19)32(20-7-3-1-4-8-20)21-9-5-2-6-10-21/h1-18H,(H,30,31). The molecule has 0 saturated heterocycles. The number of hydrogen-bond acceptors (Lipinski definition) is 7. The number of H-pyrrole nitrogens is 1. The number of nitrogens with one attached hydrogen (secondary N) is 1. The highest BCUT2D eigenvalue weighted by atomic mass is 16.6. The molecule has 1 N–H and O–H groups in total. The number of fused-ring (bicyclic) bond motifs is 1. The summed E-state index contributed by atoms with van der Waals surface area (Å²) < 4.78 is 6.04. The molecule has 0 fully saturated rings. The van der Waals surface area contributed by atoms with Crippen LogP contribution in [0.2, 0.25) is 0 Å². The van der Waals surface area contributed by atoms with E-state index in [1.807, 2.05) is 60.7 Å². The SMILES string of the molecule is O=[N+]([O-])c1cc2nc(-c3ccc(-c4ccc(N(c5ccccc5)c5ccccc5)cc4)o3)[nH]c2cc1[N+](=O)[O-]. The lowest BCUT2D eigenvalue weighted by Gasteiger charge is -2.25. The van der Waals surface area contributed by atoms with E-state index in [-0.39, 0.29) is 5.52 Å². The Labute approximate surface area is 221 Å². The van der Waals surface area contributed by atoms with Gasteiger partial charge >= 0.3 is 11.4 Å². The van der Waals surface area contributed by atoms with Crippen LogP contribution in [0.5, 0.6) is 0 Å². The molecule has 6 aromatic rings. The Bertz CT molecular complexity index is 1720. The van der Waals surface area contributed by atoms with Crippen LogP contribution < -0.4 is 4.90 Å². The number of furan rings is 1. The summed E-state index contributed by atoms with van der Waals surface area (Å²) in [4.78, 5) is 30.4. The molecule has 0 atom stereocenters. The van der Waals surface area contributed by atoms with Crippen LogP contribution in [0, 0.1) is 20.2 Å². The predicted molar refractivity (Wildman–Crippen MR) is 147 cm³/mol. The number of anilines is 3. The third-order valence-corrected chi connectivity index (χ3v) is 6.25. The Balaban J connectivity index is 1.32. The van der Waals surface area contributed by atoms with Gasteiger partial charge in [0.1, 0.15) is 5.76 Å². The zero-order chi connectivity index (χ0) is 26.9. The lowest BCUT2D eigenvalue weighted by Crippen LogP contribution is -2.09.